The van der Waals surface area contributed by atoms with Crippen LogP contribution in [0.4, 0.5) is 4.79 Å². The van der Waals surface area contributed by atoms with Crippen molar-refractivity contribution in [1.82, 2.24) is 9.47 Å². The van der Waals surface area contributed by atoms with Gasteiger partial charge in [0.05, 0.1) is 18.6 Å². The van der Waals surface area contributed by atoms with Crippen molar-refractivity contribution in [3.63, 3.8) is 0 Å². The van der Waals surface area contributed by atoms with Crippen molar-refractivity contribution in [3.8, 4) is 22.9 Å². The van der Waals surface area contributed by atoms with Gasteiger partial charge in [-0.1, -0.05) is 23.7 Å². The highest BCUT2D eigenvalue weighted by Gasteiger charge is 2.35. The monoisotopic (exact) mass is 544 g/mol. The second-order valence-electron chi connectivity index (χ2n) is 8.83. The molecule has 0 radical (unpaired) electrons. The van der Waals surface area contributed by atoms with E-state index in [-0.39, 0.29) is 17.7 Å². The summed E-state index contributed by atoms with van der Waals surface area (Å²) in [7, 11) is 1.63. The molecule has 0 N–H and O–H groups in total. The highest BCUT2D eigenvalue weighted by atomic mass is 35.5. The van der Waals surface area contributed by atoms with E-state index in [1.54, 1.807) is 25.3 Å². The molecule has 6 nitrogen and oxygen atoms in total. The minimum atomic E-state index is -0.292. The Balaban J connectivity index is 1.33. The van der Waals surface area contributed by atoms with Gasteiger partial charge >= 0.3 is 0 Å². The van der Waals surface area contributed by atoms with Crippen molar-refractivity contribution in [3.05, 3.63) is 111 Å². The van der Waals surface area contributed by atoms with Gasteiger partial charge in [0, 0.05) is 22.1 Å². The molecule has 192 valence electrons. The number of methoxy groups -OCH3 is 1. The van der Waals surface area contributed by atoms with Crippen LogP contribution in [0.5, 0.6) is 17.2 Å². The molecule has 0 spiro atoms. The number of amides is 2. The molecule has 1 saturated heterocycles. The van der Waals surface area contributed by atoms with Crippen LogP contribution in [-0.4, -0.2) is 27.7 Å². The summed E-state index contributed by atoms with van der Waals surface area (Å²) in [6, 6.07) is 24.4. The Morgan fingerprint density at radius 1 is 0.868 bits per heavy atom. The van der Waals surface area contributed by atoms with Gasteiger partial charge in [0.25, 0.3) is 11.1 Å². The van der Waals surface area contributed by atoms with Crippen LogP contribution in [0.1, 0.15) is 22.5 Å². The van der Waals surface area contributed by atoms with E-state index in [0.717, 1.165) is 57.2 Å². The Kier molecular flexibility index (Phi) is 7.31. The van der Waals surface area contributed by atoms with Crippen molar-refractivity contribution in [2.45, 2.75) is 20.4 Å². The van der Waals surface area contributed by atoms with Gasteiger partial charge in [0.2, 0.25) is 0 Å². The number of hydrogen-bond acceptors (Lipinski definition) is 5. The third-order valence-electron chi connectivity index (χ3n) is 6.27. The molecule has 4 aromatic rings. The number of nitrogens with zero attached hydrogens (tertiary/aromatic N) is 2. The van der Waals surface area contributed by atoms with Crippen molar-refractivity contribution in [2.75, 3.05) is 7.11 Å². The summed E-state index contributed by atoms with van der Waals surface area (Å²) in [5, 5.41) is 0.329. The zero-order valence-corrected chi connectivity index (χ0v) is 22.7. The molecule has 3 aromatic carbocycles. The lowest BCUT2D eigenvalue weighted by molar-refractivity contribution is -0.123. The average Bonchev–Trinajstić information content (AvgIpc) is 3.34. The zero-order valence-electron chi connectivity index (χ0n) is 21.1. The molecule has 0 unspecified atom stereocenters. The number of benzene rings is 3. The Morgan fingerprint density at radius 2 is 1.47 bits per heavy atom. The molecule has 0 atom stereocenters. The van der Waals surface area contributed by atoms with E-state index >= 15 is 0 Å². The Hall–Kier alpha value is -3.94. The third kappa shape index (κ3) is 5.35. The second-order valence-corrected chi connectivity index (χ2v) is 10.3. The van der Waals surface area contributed by atoms with Gasteiger partial charge in [-0.05, 0) is 110 Å². The summed E-state index contributed by atoms with van der Waals surface area (Å²) in [6.45, 7) is 4.22. The van der Waals surface area contributed by atoms with E-state index in [4.69, 9.17) is 21.1 Å². The summed E-state index contributed by atoms with van der Waals surface area (Å²) in [6.07, 6.45) is 1.80. The van der Waals surface area contributed by atoms with Gasteiger partial charge < -0.3 is 14.0 Å². The molecule has 38 heavy (non-hydrogen) atoms. The minimum absolute atomic E-state index is 0.211. The molecule has 1 fully saturated rings. The fourth-order valence-electron chi connectivity index (χ4n) is 4.32. The fourth-order valence-corrected chi connectivity index (χ4v) is 5.28. The third-order valence-corrected chi connectivity index (χ3v) is 7.43. The molecule has 0 aliphatic carbocycles. The Morgan fingerprint density at radius 3 is 2.11 bits per heavy atom. The van der Waals surface area contributed by atoms with Crippen molar-refractivity contribution < 1.29 is 19.1 Å². The number of rotatable bonds is 7. The summed E-state index contributed by atoms with van der Waals surface area (Å²) in [4.78, 5) is 27.3. The molecule has 8 heteroatoms. The molecule has 0 saturated carbocycles. The smallest absolute Gasteiger partial charge is 0.293 e. The number of halogens is 1. The first kappa shape index (κ1) is 25.7. The van der Waals surface area contributed by atoms with Gasteiger partial charge in [-0.25, -0.2) is 0 Å². The van der Waals surface area contributed by atoms with Crippen LogP contribution in [0.15, 0.2) is 83.8 Å². The maximum absolute atomic E-state index is 13.1. The first-order chi connectivity index (χ1) is 18.3. The normalized spacial score (nSPS) is 14.4. The molecule has 5 rings (SSSR count). The van der Waals surface area contributed by atoms with Crippen LogP contribution in [0.3, 0.4) is 0 Å². The highest BCUT2D eigenvalue weighted by Crippen LogP contribution is 2.35. The van der Waals surface area contributed by atoms with E-state index < -0.39 is 0 Å². The number of carbonyl (C=O) groups excluding carboxylic acids is 2. The van der Waals surface area contributed by atoms with E-state index in [9.17, 15) is 9.59 Å². The SMILES string of the molecule is COc1ccc(Oc2ccc(-n3c(C)cc(/C=C4\SC(=O)N(Cc5ccc(Cl)cc5)C4=O)c3C)cc2)cc1. The molecule has 2 amide bonds. The Labute approximate surface area is 230 Å². The molecule has 2 heterocycles. The molecular formula is C30H25ClN2O4S. The van der Waals surface area contributed by atoms with Crippen molar-refractivity contribution in [1.29, 1.82) is 0 Å². The molecule has 1 aromatic heterocycles. The number of carbonyl (C=O) groups is 2. The van der Waals surface area contributed by atoms with Gasteiger partial charge in [-0.15, -0.1) is 0 Å². The van der Waals surface area contributed by atoms with E-state index in [0.29, 0.717) is 9.93 Å². The average molecular weight is 545 g/mol. The topological polar surface area (TPSA) is 60.8 Å². The maximum Gasteiger partial charge on any atom is 0.293 e. The summed E-state index contributed by atoms with van der Waals surface area (Å²) >= 11 is 6.91. The Bertz CT molecular complexity index is 1520. The van der Waals surface area contributed by atoms with Crippen LogP contribution >= 0.6 is 23.4 Å². The fraction of sp³-hybridized carbons (Fsp3) is 0.133. The van der Waals surface area contributed by atoms with Crippen LogP contribution in [-0.2, 0) is 11.3 Å². The first-order valence-corrected chi connectivity index (χ1v) is 13.1. The van der Waals surface area contributed by atoms with Crippen molar-refractivity contribution in [2.24, 2.45) is 0 Å². The molecule has 1 aliphatic rings. The number of hydrogen-bond donors (Lipinski definition) is 0. The molecular weight excluding hydrogens is 520 g/mol. The molecule has 0 bridgehead atoms. The van der Waals surface area contributed by atoms with Crippen LogP contribution in [0.25, 0.3) is 11.8 Å². The van der Waals surface area contributed by atoms with Gasteiger partial charge in [-0.3, -0.25) is 14.5 Å². The number of imide groups is 1. The van der Waals surface area contributed by atoms with Crippen molar-refractivity contribution >= 4 is 40.6 Å². The lowest BCUT2D eigenvalue weighted by Crippen LogP contribution is -2.27. The largest absolute Gasteiger partial charge is 0.497 e. The van der Waals surface area contributed by atoms with Gasteiger partial charge in [-0.2, -0.15) is 0 Å². The van der Waals surface area contributed by atoms with E-state index in [1.165, 1.54) is 4.90 Å². The predicted molar refractivity (Wildman–Crippen MR) is 151 cm³/mol. The lowest BCUT2D eigenvalue weighted by Gasteiger charge is -2.12. The lowest BCUT2D eigenvalue weighted by atomic mass is 10.2. The quantitative estimate of drug-likeness (QED) is 0.222. The van der Waals surface area contributed by atoms with Crippen LogP contribution in [0.2, 0.25) is 5.02 Å². The standard InChI is InChI=1S/C30H25ClN2O4S/c1-19-16-22(17-28-29(34)32(30(35)38-28)18-21-4-6-23(31)7-5-21)20(2)33(19)24-8-10-26(11-9-24)37-27-14-12-25(36-3)13-15-27/h4-17H,18H2,1-3H3/b28-17-. The highest BCUT2D eigenvalue weighted by molar-refractivity contribution is 8.18. The van der Waals surface area contributed by atoms with Gasteiger partial charge in [0.15, 0.2) is 0 Å². The summed E-state index contributed by atoms with van der Waals surface area (Å²) in [5.41, 5.74) is 4.68. The maximum atomic E-state index is 13.1. The predicted octanol–water partition coefficient (Wildman–Crippen LogP) is 7.78. The van der Waals surface area contributed by atoms with Crippen LogP contribution in [0, 0.1) is 13.8 Å². The zero-order chi connectivity index (χ0) is 26.8. The second kappa shape index (κ2) is 10.8. The number of thioether (sulfide) groups is 1. The number of ether oxygens (including phenoxy) is 2. The number of aromatic nitrogens is 1. The minimum Gasteiger partial charge on any atom is -0.497 e. The van der Waals surface area contributed by atoms with Crippen LogP contribution < -0.4 is 9.47 Å². The molecule has 1 aliphatic heterocycles. The summed E-state index contributed by atoms with van der Waals surface area (Å²) < 4.78 is 13.2. The first-order valence-electron chi connectivity index (χ1n) is 11.9. The number of aryl methyl sites for hydroxylation is 1. The van der Waals surface area contributed by atoms with E-state index in [2.05, 4.69) is 4.57 Å². The van der Waals surface area contributed by atoms with E-state index in [1.807, 2.05) is 80.6 Å². The van der Waals surface area contributed by atoms with Gasteiger partial charge in [0.1, 0.15) is 17.2 Å². The summed E-state index contributed by atoms with van der Waals surface area (Å²) in [5.74, 6) is 1.92.